The number of furan rings is 2. The molecule has 2 radical (unpaired) electrons. The van der Waals surface area contributed by atoms with E-state index in [1.807, 2.05) is 86.9 Å². The van der Waals surface area contributed by atoms with Crippen molar-refractivity contribution in [1.29, 1.82) is 0 Å². The van der Waals surface area contributed by atoms with Crippen molar-refractivity contribution in [1.82, 2.24) is 29.9 Å². The molecule has 0 unspecified atom stereocenters. The Kier molecular flexibility index (Phi) is 33.8. The summed E-state index contributed by atoms with van der Waals surface area (Å²) in [6.45, 7) is 36.3. The molecule has 0 aliphatic heterocycles. The van der Waals surface area contributed by atoms with E-state index in [0.29, 0.717) is 35.1 Å². The standard InChI is InChI=1S/C21H20N2O.C21H19N2O.2C18H24NSi.CHF3O3S.2CH4O.2Ir/c2*1-13(2)10-15-8-9-22-19(11-15)16-5-7-20-18(12-16)17-6-4-14(3)23-21(17)24-20;2*1-14(2)11-16-12-17(15-9-7-6-8-10-15)19-13-18(16)20(3,4)5;2-1(3,4)8(5,6)7;2*1-2;;/h4-9,11-13H,10H2,1-3H3;4,6-9,11-13H,10H2,1-3H3;2*6-9,12-14H,11H2,1-5H3;(H,5,6,7);2*2H,1H3;;/q;3*-1;;;;;. The zero-order chi connectivity index (χ0) is 73.9. The molecule has 0 amide bonds. The van der Waals surface area contributed by atoms with Gasteiger partial charge in [0.1, 0.15) is 5.58 Å². The van der Waals surface area contributed by atoms with E-state index in [1.54, 1.807) is 0 Å². The average Bonchev–Trinajstić information content (AvgIpc) is 1.62. The number of aliphatic hydroxyl groups excluding tert-OH is 2. The molecular weight excluding hydrogens is 1700 g/mol. The van der Waals surface area contributed by atoms with Crippen molar-refractivity contribution >= 4 is 80.8 Å². The summed E-state index contributed by atoms with van der Waals surface area (Å²) < 4.78 is 69.2. The van der Waals surface area contributed by atoms with Gasteiger partial charge >= 0.3 is 15.6 Å². The second kappa shape index (κ2) is 39.6. The third kappa shape index (κ3) is 25.3. The Balaban J connectivity index is 0.000000273. The monoisotopic (exact) mass is 1800 g/mol. The summed E-state index contributed by atoms with van der Waals surface area (Å²) in [5, 5.41) is 21.2. The predicted octanol–water partition coefficient (Wildman–Crippen LogP) is 19.1. The number of rotatable bonds is 14. The molecule has 3 N–H and O–H groups in total. The third-order valence-corrected chi connectivity index (χ3v) is 20.2. The van der Waals surface area contributed by atoms with Crippen molar-refractivity contribution in [2.24, 2.45) is 23.7 Å². The molecule has 0 bridgehead atoms. The summed E-state index contributed by atoms with van der Waals surface area (Å²) in [6.07, 6.45) is 12.4. The van der Waals surface area contributed by atoms with E-state index in [1.165, 1.54) is 32.6 Å². The van der Waals surface area contributed by atoms with E-state index in [9.17, 15) is 13.2 Å². The second-order valence-corrected chi connectivity index (χ2v) is 39.6. The van der Waals surface area contributed by atoms with Crippen LogP contribution in [0.25, 0.3) is 89.2 Å². The van der Waals surface area contributed by atoms with Gasteiger partial charge in [-0.3, -0.25) is 9.54 Å². The number of hydrogen-bond donors (Lipinski definition) is 3. The molecule has 102 heavy (non-hydrogen) atoms. The molecule has 0 spiro atoms. The zero-order valence-electron chi connectivity index (χ0n) is 61.6. The number of nitrogens with zero attached hydrogens (tertiary/aromatic N) is 6. The largest absolute Gasteiger partial charge is 0.522 e. The van der Waals surface area contributed by atoms with Gasteiger partial charge in [-0.2, -0.15) is 21.6 Å². The maximum absolute atomic E-state index is 10.7. The number of hydrogen-bond acceptors (Lipinski definition) is 12. The number of halogens is 3. The molecule has 0 atom stereocenters. The van der Waals surface area contributed by atoms with Crippen LogP contribution in [0.1, 0.15) is 89.0 Å². The van der Waals surface area contributed by atoms with Crippen LogP contribution in [-0.4, -0.2) is 89.0 Å². The molecule has 21 heteroatoms. The smallest absolute Gasteiger partial charge is 0.486 e. The minimum absolute atomic E-state index is 0. The Morgan fingerprint density at radius 2 is 0.873 bits per heavy atom. The first-order valence-electron chi connectivity index (χ1n) is 33.5. The molecule has 0 saturated carbocycles. The van der Waals surface area contributed by atoms with Gasteiger partial charge in [-0.25, -0.2) is 9.97 Å². The molecule has 8 aromatic heterocycles. The molecule has 4 aromatic carbocycles. The first-order valence-corrected chi connectivity index (χ1v) is 41.9. The molecule has 12 aromatic rings. The summed E-state index contributed by atoms with van der Waals surface area (Å²) in [5.74, 6) is 2.59. The molecule has 13 nitrogen and oxygen atoms in total. The fraction of sp³-hybridized carbons (Fsp3) is 0.333. The number of aromatic nitrogens is 6. The van der Waals surface area contributed by atoms with Crippen molar-refractivity contribution < 1.29 is 85.4 Å². The molecule has 0 fully saturated rings. The first-order chi connectivity index (χ1) is 47.2. The van der Waals surface area contributed by atoms with Crippen molar-refractivity contribution in [3.8, 4) is 45.0 Å². The fourth-order valence-electron chi connectivity index (χ4n) is 11.2. The topological polar surface area (TPSA) is 198 Å². The van der Waals surface area contributed by atoms with E-state index < -0.39 is 31.8 Å². The van der Waals surface area contributed by atoms with Gasteiger partial charge in [0.05, 0.1) is 27.4 Å². The van der Waals surface area contributed by atoms with Crippen molar-refractivity contribution in [2.45, 2.75) is 140 Å². The van der Waals surface area contributed by atoms with Crippen molar-refractivity contribution in [3.05, 3.63) is 216 Å². The molecule has 0 aliphatic carbocycles. The van der Waals surface area contributed by atoms with Crippen LogP contribution in [0.15, 0.2) is 173 Å². The van der Waals surface area contributed by atoms with Crippen LogP contribution < -0.4 is 10.4 Å². The Morgan fingerprint density at radius 3 is 1.27 bits per heavy atom. The number of aliphatic hydroxyl groups is 2. The van der Waals surface area contributed by atoms with Crippen molar-refractivity contribution in [2.75, 3.05) is 14.2 Å². The summed E-state index contributed by atoms with van der Waals surface area (Å²) in [7, 11) is -6.52. The van der Waals surface area contributed by atoms with Gasteiger partial charge in [0.15, 0.2) is 0 Å². The minimum Gasteiger partial charge on any atom is -0.486 e. The summed E-state index contributed by atoms with van der Waals surface area (Å²) >= 11 is 0. The summed E-state index contributed by atoms with van der Waals surface area (Å²) in [6, 6.07) is 57.5. The number of benzene rings is 4. The summed E-state index contributed by atoms with van der Waals surface area (Å²) in [5.41, 5.74) is 13.3. The van der Waals surface area contributed by atoms with Crippen LogP contribution in [-0.2, 0) is 76.0 Å². The van der Waals surface area contributed by atoms with Crippen molar-refractivity contribution in [3.63, 3.8) is 0 Å². The van der Waals surface area contributed by atoms with Crippen LogP contribution in [0.2, 0.25) is 39.3 Å². The Hall–Kier alpha value is -7.27. The van der Waals surface area contributed by atoms with Crippen LogP contribution in [0.3, 0.4) is 0 Å². The third-order valence-electron chi connectivity index (χ3n) is 15.5. The van der Waals surface area contributed by atoms with Gasteiger partial charge in [0.2, 0.25) is 11.4 Å². The molecule has 0 saturated heterocycles. The van der Waals surface area contributed by atoms with E-state index in [-0.39, 0.29) is 40.2 Å². The Labute approximate surface area is 630 Å². The number of alkyl halides is 3. The average molecular weight is 1800 g/mol. The van der Waals surface area contributed by atoms with Gasteiger partial charge in [-0.05, 0) is 157 Å². The number of fused-ring (bicyclic) bond motifs is 6. The molecule has 8 heterocycles. The van der Waals surface area contributed by atoms with Gasteiger partial charge in [0.25, 0.3) is 0 Å². The van der Waals surface area contributed by atoms with E-state index >= 15 is 0 Å². The van der Waals surface area contributed by atoms with Crippen LogP contribution >= 0.6 is 0 Å². The van der Waals surface area contributed by atoms with Gasteiger partial charge in [-0.15, -0.1) is 95.6 Å². The SMILES string of the molecule is CC(C)Cc1cc(-c2[c-]cccc2)ncc1[Si](C)(C)C.CC(C)Cc1cc(-c2[c-]cccc2)ncc1[Si](C)(C)C.CO.CO.Cc1ccc2c(n1)oc1c[c-]c(-c3cc(CC(C)C)ccn3)cc12.Cc1ccc2c(n1)oc1ccc(-c3cc(CC(C)C)ccn3)cc12.O=S(=O)(O)C(F)(F)F.[Ir].[Ir]. The molecular formula is C81H96F3Ir2N6O7SSi2-3. The predicted molar refractivity (Wildman–Crippen MR) is 409 cm³/mol. The van der Waals surface area contributed by atoms with Gasteiger partial charge in [-0.1, -0.05) is 135 Å². The van der Waals surface area contributed by atoms with Crippen LogP contribution in [0, 0.1) is 55.7 Å². The maximum Gasteiger partial charge on any atom is 0.522 e. The second-order valence-electron chi connectivity index (χ2n) is 28.1. The maximum atomic E-state index is 10.7. The van der Waals surface area contributed by atoms with Crippen LogP contribution in [0.4, 0.5) is 13.2 Å². The molecule has 0 aliphatic rings. The van der Waals surface area contributed by atoms with Crippen LogP contribution in [0.5, 0.6) is 0 Å². The number of aryl methyl sites for hydroxylation is 2. The van der Waals surface area contributed by atoms with E-state index in [0.717, 1.165) is 129 Å². The Bertz CT molecular complexity index is 4440. The zero-order valence-corrected chi connectivity index (χ0v) is 69.2. The minimum atomic E-state index is -5.84. The van der Waals surface area contributed by atoms with E-state index in [2.05, 4.69) is 234 Å². The molecule has 12 rings (SSSR count). The van der Waals surface area contributed by atoms with E-state index in [4.69, 9.17) is 32.0 Å². The van der Waals surface area contributed by atoms with Gasteiger partial charge in [0, 0.05) is 112 Å². The normalized spacial score (nSPS) is 11.4. The summed E-state index contributed by atoms with van der Waals surface area (Å²) in [4.78, 5) is 27.4. The number of pyridine rings is 6. The quantitative estimate of drug-likeness (QED) is 0.0403. The molecule has 548 valence electrons. The Morgan fingerprint density at radius 1 is 0.471 bits per heavy atom. The first kappa shape index (κ1) is 87.1. The van der Waals surface area contributed by atoms with Gasteiger partial charge < -0.3 is 34.0 Å². The fourth-order valence-corrected chi connectivity index (χ4v) is 14.3.